The lowest BCUT2D eigenvalue weighted by Crippen LogP contribution is -2.39. The van der Waals surface area contributed by atoms with E-state index in [1.807, 2.05) is 6.92 Å². The maximum atomic E-state index is 11.7. The van der Waals surface area contributed by atoms with Gasteiger partial charge in [0.1, 0.15) is 0 Å². The molecule has 0 heterocycles. The highest BCUT2D eigenvalue weighted by Gasteiger charge is 2.13. The van der Waals surface area contributed by atoms with Gasteiger partial charge in [0.05, 0.1) is 12.5 Å². The van der Waals surface area contributed by atoms with Crippen LogP contribution in [0.5, 0.6) is 0 Å². The van der Waals surface area contributed by atoms with Crippen LogP contribution in [0.4, 0.5) is 0 Å². The molecule has 0 aromatic carbocycles. The van der Waals surface area contributed by atoms with E-state index in [2.05, 4.69) is 32.2 Å². The maximum Gasteiger partial charge on any atom is 0.223 e. The van der Waals surface area contributed by atoms with E-state index in [-0.39, 0.29) is 11.4 Å². The fourth-order valence-electron chi connectivity index (χ4n) is 1.35. The summed E-state index contributed by atoms with van der Waals surface area (Å²) in [4.78, 5) is 13.5. The third-order valence-corrected chi connectivity index (χ3v) is 2.22. The van der Waals surface area contributed by atoms with Gasteiger partial charge >= 0.3 is 0 Å². The molecule has 4 heteroatoms. The van der Waals surface area contributed by atoms with Gasteiger partial charge in [-0.05, 0) is 27.7 Å². The van der Waals surface area contributed by atoms with Crippen molar-refractivity contribution in [1.82, 2.24) is 10.2 Å². The number of nitriles is 1. The van der Waals surface area contributed by atoms with Gasteiger partial charge in [-0.2, -0.15) is 5.26 Å². The highest BCUT2D eigenvalue weighted by atomic mass is 16.2. The van der Waals surface area contributed by atoms with Crippen molar-refractivity contribution in [3.63, 3.8) is 0 Å². The van der Waals surface area contributed by atoms with Crippen molar-refractivity contribution >= 4 is 5.91 Å². The summed E-state index contributed by atoms with van der Waals surface area (Å²) in [7, 11) is 0. The van der Waals surface area contributed by atoms with Crippen molar-refractivity contribution in [3.8, 4) is 6.07 Å². The zero-order valence-corrected chi connectivity index (χ0v) is 10.8. The molecule has 0 rings (SSSR count). The Balaban J connectivity index is 3.89. The Morgan fingerprint density at radius 1 is 1.44 bits per heavy atom. The zero-order valence-electron chi connectivity index (χ0n) is 10.8. The first kappa shape index (κ1) is 14.9. The van der Waals surface area contributed by atoms with Crippen LogP contribution in [0.25, 0.3) is 0 Å². The van der Waals surface area contributed by atoms with Crippen LogP contribution in [0.2, 0.25) is 0 Å². The van der Waals surface area contributed by atoms with Crippen LogP contribution in [-0.2, 0) is 4.79 Å². The summed E-state index contributed by atoms with van der Waals surface area (Å²) in [5.41, 5.74) is 0.0456. The van der Waals surface area contributed by atoms with Gasteiger partial charge in [0.25, 0.3) is 0 Å². The molecule has 0 saturated carbocycles. The summed E-state index contributed by atoms with van der Waals surface area (Å²) >= 11 is 0. The molecule has 0 aromatic rings. The molecular formula is C12H23N3O. The normalized spacial score (nSPS) is 10.9. The van der Waals surface area contributed by atoms with Gasteiger partial charge in [0, 0.05) is 31.6 Å². The van der Waals surface area contributed by atoms with Gasteiger partial charge in [0.2, 0.25) is 5.91 Å². The second kappa shape index (κ2) is 7.24. The van der Waals surface area contributed by atoms with E-state index in [4.69, 9.17) is 5.26 Å². The lowest BCUT2D eigenvalue weighted by Gasteiger charge is -2.23. The molecule has 0 aliphatic rings. The van der Waals surface area contributed by atoms with Crippen molar-refractivity contribution in [2.75, 3.05) is 19.6 Å². The summed E-state index contributed by atoms with van der Waals surface area (Å²) in [6.07, 6.45) is 0.906. The Morgan fingerprint density at radius 2 is 2.06 bits per heavy atom. The lowest BCUT2D eigenvalue weighted by molar-refractivity contribution is -0.130. The third-order valence-electron chi connectivity index (χ3n) is 2.22. The van der Waals surface area contributed by atoms with Crippen LogP contribution in [0.3, 0.4) is 0 Å². The van der Waals surface area contributed by atoms with Gasteiger partial charge in [-0.3, -0.25) is 4.79 Å². The number of hydrogen-bond donors (Lipinski definition) is 1. The molecule has 16 heavy (non-hydrogen) atoms. The van der Waals surface area contributed by atoms with Gasteiger partial charge in [-0.1, -0.05) is 0 Å². The van der Waals surface area contributed by atoms with Crippen LogP contribution < -0.4 is 5.32 Å². The second-order valence-corrected chi connectivity index (χ2v) is 4.81. The highest BCUT2D eigenvalue weighted by Crippen LogP contribution is 2.00. The number of carbonyl (C=O) groups excluding carboxylic acids is 1. The molecular weight excluding hydrogens is 202 g/mol. The molecule has 0 spiro atoms. The predicted molar refractivity (Wildman–Crippen MR) is 64.9 cm³/mol. The molecule has 0 bridgehead atoms. The molecule has 92 valence electrons. The van der Waals surface area contributed by atoms with Gasteiger partial charge in [0.15, 0.2) is 0 Å². The topological polar surface area (TPSA) is 56.1 Å². The van der Waals surface area contributed by atoms with Crippen LogP contribution in [0, 0.1) is 11.3 Å². The first-order chi connectivity index (χ1) is 7.40. The third kappa shape index (κ3) is 7.24. The van der Waals surface area contributed by atoms with E-state index >= 15 is 0 Å². The van der Waals surface area contributed by atoms with E-state index in [1.54, 1.807) is 4.90 Å². The average molecular weight is 225 g/mol. The molecule has 0 aliphatic heterocycles. The van der Waals surface area contributed by atoms with E-state index in [1.165, 1.54) is 0 Å². The summed E-state index contributed by atoms with van der Waals surface area (Å²) in [5.74, 6) is 0.120. The highest BCUT2D eigenvalue weighted by molar-refractivity contribution is 5.76. The fraction of sp³-hybridized carbons (Fsp3) is 0.833. The quantitative estimate of drug-likeness (QED) is 0.745. The van der Waals surface area contributed by atoms with Gasteiger partial charge in [-0.15, -0.1) is 0 Å². The Bertz CT molecular complexity index is 250. The van der Waals surface area contributed by atoms with Crippen molar-refractivity contribution in [3.05, 3.63) is 0 Å². The maximum absolute atomic E-state index is 11.7. The smallest absolute Gasteiger partial charge is 0.223 e. The molecule has 4 nitrogen and oxygen atoms in total. The minimum Gasteiger partial charge on any atom is -0.342 e. The monoisotopic (exact) mass is 225 g/mol. The van der Waals surface area contributed by atoms with E-state index in [0.29, 0.717) is 32.5 Å². The number of rotatable bonds is 6. The Morgan fingerprint density at radius 3 is 2.50 bits per heavy atom. The standard InChI is InChI=1S/C12H23N3O/c1-5-15(10-6-8-13)11(16)7-9-14-12(2,3)4/h14H,5-7,9-10H2,1-4H3. The molecule has 0 unspecified atom stereocenters. The summed E-state index contributed by atoms with van der Waals surface area (Å²) < 4.78 is 0. The molecule has 0 fully saturated rings. The number of carbonyl (C=O) groups is 1. The number of nitrogens with one attached hydrogen (secondary N) is 1. The number of hydrogen-bond acceptors (Lipinski definition) is 3. The minimum absolute atomic E-state index is 0.0456. The first-order valence-electron chi connectivity index (χ1n) is 5.80. The molecule has 0 atom stereocenters. The molecule has 0 radical (unpaired) electrons. The summed E-state index contributed by atoms with van der Waals surface area (Å²) in [5, 5.41) is 11.8. The average Bonchev–Trinajstić information content (AvgIpc) is 2.17. The Labute approximate surface area is 98.6 Å². The Hall–Kier alpha value is -1.08. The minimum atomic E-state index is 0.0456. The SMILES string of the molecule is CCN(CCC#N)C(=O)CCNC(C)(C)C. The molecule has 0 aliphatic carbocycles. The fourth-order valence-corrected chi connectivity index (χ4v) is 1.35. The number of nitrogens with zero attached hydrogens (tertiary/aromatic N) is 2. The van der Waals surface area contributed by atoms with E-state index in [9.17, 15) is 4.79 Å². The number of amides is 1. The van der Waals surface area contributed by atoms with Crippen LogP contribution in [-0.4, -0.2) is 36.0 Å². The van der Waals surface area contributed by atoms with Crippen molar-refractivity contribution < 1.29 is 4.79 Å². The molecule has 1 N–H and O–H groups in total. The van der Waals surface area contributed by atoms with Crippen molar-refractivity contribution in [2.45, 2.75) is 46.1 Å². The van der Waals surface area contributed by atoms with E-state index in [0.717, 1.165) is 0 Å². The lowest BCUT2D eigenvalue weighted by atomic mass is 10.1. The van der Waals surface area contributed by atoms with Crippen LogP contribution >= 0.6 is 0 Å². The summed E-state index contributed by atoms with van der Waals surface area (Å²) in [6.45, 7) is 10.1. The van der Waals surface area contributed by atoms with Gasteiger partial charge in [-0.25, -0.2) is 0 Å². The largest absolute Gasteiger partial charge is 0.342 e. The first-order valence-corrected chi connectivity index (χ1v) is 5.80. The zero-order chi connectivity index (χ0) is 12.6. The van der Waals surface area contributed by atoms with E-state index < -0.39 is 0 Å². The van der Waals surface area contributed by atoms with Gasteiger partial charge < -0.3 is 10.2 Å². The molecule has 1 amide bonds. The van der Waals surface area contributed by atoms with Crippen LogP contribution in [0.1, 0.15) is 40.5 Å². The second-order valence-electron chi connectivity index (χ2n) is 4.81. The predicted octanol–water partition coefficient (Wildman–Crippen LogP) is 1.53. The molecule has 0 aromatic heterocycles. The van der Waals surface area contributed by atoms with Crippen LogP contribution in [0.15, 0.2) is 0 Å². The van der Waals surface area contributed by atoms with Crippen molar-refractivity contribution in [1.29, 1.82) is 5.26 Å². The Kier molecular flexibility index (Phi) is 6.75. The summed E-state index contributed by atoms with van der Waals surface area (Å²) in [6, 6.07) is 2.06. The molecule has 0 saturated heterocycles. The van der Waals surface area contributed by atoms with Crippen molar-refractivity contribution in [2.24, 2.45) is 0 Å².